The van der Waals surface area contributed by atoms with Crippen molar-refractivity contribution in [1.82, 2.24) is 5.32 Å². The van der Waals surface area contributed by atoms with Gasteiger partial charge in [-0.15, -0.1) is 0 Å². The first-order valence-corrected chi connectivity index (χ1v) is 8.26. The molecule has 1 aromatic rings. The fraction of sp³-hybridized carbons (Fsp3) is 0.765. The van der Waals surface area contributed by atoms with Crippen molar-refractivity contribution in [2.24, 2.45) is 0 Å². The van der Waals surface area contributed by atoms with Crippen LogP contribution >= 0.6 is 0 Å². The first-order chi connectivity index (χ1) is 9.88. The highest BCUT2D eigenvalue weighted by atomic mass is 16.5. The summed E-state index contributed by atoms with van der Waals surface area (Å²) in [6.07, 6.45) is 12.3. The normalized spacial score (nSPS) is 14.8. The van der Waals surface area contributed by atoms with Crippen LogP contribution in [0.1, 0.15) is 69.6 Å². The zero-order valence-corrected chi connectivity index (χ0v) is 12.8. The van der Waals surface area contributed by atoms with Crippen LogP contribution in [0.2, 0.25) is 0 Å². The van der Waals surface area contributed by atoms with Crippen LogP contribution in [0, 0.1) is 0 Å². The number of rotatable bonds is 12. The summed E-state index contributed by atoms with van der Waals surface area (Å²) < 4.78 is 11.2. The predicted molar refractivity (Wildman–Crippen MR) is 81.6 cm³/mol. The van der Waals surface area contributed by atoms with Crippen molar-refractivity contribution < 1.29 is 9.15 Å². The highest BCUT2D eigenvalue weighted by Crippen LogP contribution is 2.19. The average molecular weight is 279 g/mol. The molecule has 0 aromatic carbocycles. The van der Waals surface area contributed by atoms with E-state index in [1.54, 1.807) is 0 Å². The van der Waals surface area contributed by atoms with E-state index < -0.39 is 0 Å². The van der Waals surface area contributed by atoms with Crippen LogP contribution in [-0.4, -0.2) is 12.6 Å². The Kier molecular flexibility index (Phi) is 7.16. The second-order valence-electron chi connectivity index (χ2n) is 5.90. The fourth-order valence-corrected chi connectivity index (χ4v) is 2.30. The van der Waals surface area contributed by atoms with Crippen LogP contribution in [-0.2, 0) is 17.9 Å². The molecule has 1 saturated carbocycles. The minimum Gasteiger partial charge on any atom is -0.467 e. The molecule has 0 atom stereocenters. The van der Waals surface area contributed by atoms with Crippen LogP contribution in [0.15, 0.2) is 16.7 Å². The van der Waals surface area contributed by atoms with Crippen molar-refractivity contribution in [3.05, 3.63) is 23.7 Å². The van der Waals surface area contributed by atoms with Crippen molar-refractivity contribution >= 4 is 0 Å². The highest BCUT2D eigenvalue weighted by molar-refractivity contribution is 5.12. The summed E-state index contributed by atoms with van der Waals surface area (Å²) in [7, 11) is 0. The van der Waals surface area contributed by atoms with Gasteiger partial charge < -0.3 is 14.5 Å². The third-order valence-corrected chi connectivity index (χ3v) is 3.77. The molecule has 1 fully saturated rings. The molecule has 0 spiro atoms. The van der Waals surface area contributed by atoms with Crippen LogP contribution in [0.4, 0.5) is 0 Å². The molecule has 3 nitrogen and oxygen atoms in total. The third kappa shape index (κ3) is 6.58. The Morgan fingerprint density at radius 3 is 2.80 bits per heavy atom. The van der Waals surface area contributed by atoms with Gasteiger partial charge in [-0.25, -0.2) is 0 Å². The van der Waals surface area contributed by atoms with Gasteiger partial charge in [-0.3, -0.25) is 0 Å². The zero-order chi connectivity index (χ0) is 14.0. The number of hydrogen-bond donors (Lipinski definition) is 1. The lowest BCUT2D eigenvalue weighted by molar-refractivity contribution is 0.102. The maximum absolute atomic E-state index is 5.66. The van der Waals surface area contributed by atoms with Crippen molar-refractivity contribution in [3.8, 4) is 0 Å². The Balaban J connectivity index is 1.46. The van der Waals surface area contributed by atoms with Crippen molar-refractivity contribution in [1.29, 1.82) is 0 Å². The lowest BCUT2D eigenvalue weighted by atomic mass is 10.1. The molecule has 20 heavy (non-hydrogen) atoms. The second-order valence-corrected chi connectivity index (χ2v) is 5.90. The van der Waals surface area contributed by atoms with E-state index in [1.807, 2.05) is 6.26 Å². The Bertz CT molecular complexity index is 358. The van der Waals surface area contributed by atoms with Crippen LogP contribution in [0.5, 0.6) is 0 Å². The zero-order valence-electron chi connectivity index (χ0n) is 12.8. The topological polar surface area (TPSA) is 34.4 Å². The van der Waals surface area contributed by atoms with Gasteiger partial charge in [-0.2, -0.15) is 0 Å². The molecule has 1 aromatic heterocycles. The molecule has 3 heteroatoms. The smallest absolute Gasteiger partial charge is 0.129 e. The SMILES string of the molecule is CCCCCCCCOCc1cc(CNC2CC2)co1. The number of hydrogen-bond acceptors (Lipinski definition) is 3. The maximum atomic E-state index is 5.66. The number of furan rings is 1. The molecule has 0 radical (unpaired) electrons. The van der Waals surface area contributed by atoms with Gasteiger partial charge in [-0.1, -0.05) is 39.0 Å². The van der Waals surface area contributed by atoms with E-state index in [9.17, 15) is 0 Å². The summed E-state index contributed by atoms with van der Waals surface area (Å²) in [5, 5.41) is 3.49. The van der Waals surface area contributed by atoms with Gasteiger partial charge in [0.15, 0.2) is 0 Å². The van der Waals surface area contributed by atoms with Gasteiger partial charge in [0.1, 0.15) is 12.4 Å². The summed E-state index contributed by atoms with van der Waals surface area (Å²) in [6, 6.07) is 2.86. The van der Waals surface area contributed by atoms with Gasteiger partial charge in [0.05, 0.1) is 6.26 Å². The maximum Gasteiger partial charge on any atom is 0.129 e. The van der Waals surface area contributed by atoms with E-state index >= 15 is 0 Å². The molecule has 0 aliphatic heterocycles. The largest absolute Gasteiger partial charge is 0.467 e. The summed E-state index contributed by atoms with van der Waals surface area (Å²) in [4.78, 5) is 0. The first kappa shape index (κ1) is 15.6. The van der Waals surface area contributed by atoms with Gasteiger partial charge in [0, 0.05) is 24.8 Å². The molecule has 114 valence electrons. The standard InChI is InChI=1S/C17H29NO2/c1-2-3-4-5-6-7-10-19-14-17-11-15(13-20-17)12-18-16-8-9-16/h11,13,16,18H,2-10,12,14H2,1H3. The van der Waals surface area contributed by atoms with E-state index in [0.29, 0.717) is 6.61 Å². The van der Waals surface area contributed by atoms with E-state index in [1.165, 1.54) is 56.9 Å². The molecule has 1 N–H and O–H groups in total. The summed E-state index contributed by atoms with van der Waals surface area (Å²) in [6.45, 7) is 4.63. The van der Waals surface area contributed by atoms with E-state index in [4.69, 9.17) is 9.15 Å². The van der Waals surface area contributed by atoms with Crippen LogP contribution in [0.25, 0.3) is 0 Å². The van der Waals surface area contributed by atoms with Gasteiger partial charge in [0.25, 0.3) is 0 Å². The van der Waals surface area contributed by atoms with Gasteiger partial charge in [0.2, 0.25) is 0 Å². The fourth-order valence-electron chi connectivity index (χ4n) is 2.30. The molecular weight excluding hydrogens is 250 g/mol. The van der Waals surface area contributed by atoms with Crippen LogP contribution < -0.4 is 5.32 Å². The lowest BCUT2D eigenvalue weighted by Gasteiger charge is -2.02. The first-order valence-electron chi connectivity index (χ1n) is 8.26. The van der Waals surface area contributed by atoms with Gasteiger partial charge >= 0.3 is 0 Å². The average Bonchev–Trinajstić information content (AvgIpc) is 3.18. The molecule has 2 rings (SSSR count). The minimum atomic E-state index is 0.610. The third-order valence-electron chi connectivity index (χ3n) is 3.77. The quantitative estimate of drug-likeness (QED) is 0.576. The number of ether oxygens (including phenoxy) is 1. The molecule has 1 aliphatic carbocycles. The van der Waals surface area contributed by atoms with E-state index in [0.717, 1.165) is 25.0 Å². The molecule has 0 unspecified atom stereocenters. The Morgan fingerprint density at radius 2 is 2.00 bits per heavy atom. The van der Waals surface area contributed by atoms with Gasteiger partial charge in [-0.05, 0) is 25.3 Å². The predicted octanol–water partition coefficient (Wildman–Crippen LogP) is 4.41. The molecule has 0 amide bonds. The van der Waals surface area contributed by atoms with Crippen molar-refractivity contribution in [2.45, 2.75) is 77.5 Å². The lowest BCUT2D eigenvalue weighted by Crippen LogP contribution is -2.14. The van der Waals surface area contributed by atoms with Crippen molar-refractivity contribution in [2.75, 3.05) is 6.61 Å². The molecule has 1 heterocycles. The Labute approximate surface area is 123 Å². The summed E-state index contributed by atoms with van der Waals surface area (Å²) >= 11 is 0. The number of unbranched alkanes of at least 4 members (excludes halogenated alkanes) is 5. The van der Waals surface area contributed by atoms with E-state index in [-0.39, 0.29) is 0 Å². The van der Waals surface area contributed by atoms with E-state index in [2.05, 4.69) is 18.3 Å². The Morgan fingerprint density at radius 1 is 1.20 bits per heavy atom. The number of nitrogens with one attached hydrogen (secondary N) is 1. The highest BCUT2D eigenvalue weighted by Gasteiger charge is 2.20. The molecular formula is C17H29NO2. The monoisotopic (exact) mass is 279 g/mol. The minimum absolute atomic E-state index is 0.610. The summed E-state index contributed by atoms with van der Waals surface area (Å²) in [5.74, 6) is 0.948. The second kappa shape index (κ2) is 9.19. The molecule has 0 saturated heterocycles. The Hall–Kier alpha value is -0.800. The van der Waals surface area contributed by atoms with Crippen molar-refractivity contribution in [3.63, 3.8) is 0 Å². The molecule has 0 bridgehead atoms. The van der Waals surface area contributed by atoms with Crippen LogP contribution in [0.3, 0.4) is 0 Å². The molecule has 1 aliphatic rings. The summed E-state index contributed by atoms with van der Waals surface area (Å²) in [5.41, 5.74) is 1.23.